The number of hydrogen-bond donors (Lipinski definition) is 1. The summed E-state index contributed by atoms with van der Waals surface area (Å²) in [6, 6.07) is -0.794. The van der Waals surface area contributed by atoms with E-state index in [1.54, 1.807) is 13.8 Å². The monoisotopic (exact) mass is 351 g/mol. The van der Waals surface area contributed by atoms with Crippen molar-refractivity contribution in [2.75, 3.05) is 6.61 Å². The Hall–Kier alpha value is -2.22. The lowest BCUT2D eigenvalue weighted by Gasteiger charge is -2.14. The smallest absolute Gasteiger partial charge is 0.328 e. The van der Waals surface area contributed by atoms with Crippen molar-refractivity contribution in [2.24, 2.45) is 11.7 Å². The quantitative estimate of drug-likeness (QED) is 0.802. The molecule has 2 aromatic heterocycles. The molecule has 1 unspecified atom stereocenters. The molecule has 0 radical (unpaired) electrons. The molecule has 1 amide bonds. The Bertz CT molecular complexity index is 838. The molecule has 0 aliphatic carbocycles. The van der Waals surface area contributed by atoms with Crippen LogP contribution in [0.1, 0.15) is 48.5 Å². The number of rotatable bonds is 6. The number of hydrogen-bond acceptors (Lipinski definition) is 6. The Labute approximate surface area is 143 Å². The van der Waals surface area contributed by atoms with Gasteiger partial charge in [0.25, 0.3) is 11.5 Å². The largest absolute Gasteiger partial charge is 0.464 e. The minimum absolute atomic E-state index is 0.305. The van der Waals surface area contributed by atoms with Crippen LogP contribution in [0.25, 0.3) is 10.2 Å². The number of nitrogens with two attached hydrogens (primary N) is 1. The zero-order valence-electron chi connectivity index (χ0n) is 14.2. The van der Waals surface area contributed by atoms with Gasteiger partial charge >= 0.3 is 5.97 Å². The summed E-state index contributed by atoms with van der Waals surface area (Å²) < 4.78 is 6.44. The highest BCUT2D eigenvalue weighted by Crippen LogP contribution is 2.26. The molecule has 24 heavy (non-hydrogen) atoms. The zero-order chi connectivity index (χ0) is 18.0. The highest BCUT2D eigenvalue weighted by Gasteiger charge is 2.22. The van der Waals surface area contributed by atoms with Crippen LogP contribution in [-0.4, -0.2) is 28.0 Å². The van der Waals surface area contributed by atoms with Crippen molar-refractivity contribution in [1.82, 2.24) is 9.55 Å². The highest BCUT2D eigenvalue weighted by atomic mass is 32.1. The van der Waals surface area contributed by atoms with Crippen LogP contribution >= 0.6 is 11.3 Å². The Kier molecular flexibility index (Phi) is 5.38. The molecule has 8 heteroatoms. The number of thiophene rings is 1. The molecule has 0 spiro atoms. The molecule has 0 aromatic carbocycles. The maximum absolute atomic E-state index is 12.7. The van der Waals surface area contributed by atoms with Gasteiger partial charge < -0.3 is 10.5 Å². The Balaban J connectivity index is 2.34. The van der Waals surface area contributed by atoms with Crippen molar-refractivity contribution in [3.05, 3.63) is 27.1 Å². The summed E-state index contributed by atoms with van der Waals surface area (Å²) in [5.41, 5.74) is 5.43. The van der Waals surface area contributed by atoms with Crippen molar-refractivity contribution in [3.63, 3.8) is 0 Å². The van der Waals surface area contributed by atoms with Crippen molar-refractivity contribution in [1.29, 1.82) is 0 Å². The van der Waals surface area contributed by atoms with Crippen LogP contribution in [0.3, 0.4) is 0 Å². The summed E-state index contributed by atoms with van der Waals surface area (Å²) >= 11 is 1.08. The van der Waals surface area contributed by atoms with Gasteiger partial charge in [-0.15, -0.1) is 11.3 Å². The number of nitrogens with zero attached hydrogens (tertiary/aromatic N) is 2. The van der Waals surface area contributed by atoms with Crippen molar-refractivity contribution in [3.8, 4) is 0 Å². The molecule has 1 atom stereocenters. The molecule has 2 heterocycles. The van der Waals surface area contributed by atoms with Gasteiger partial charge in [-0.1, -0.05) is 13.8 Å². The van der Waals surface area contributed by atoms with Crippen LogP contribution in [-0.2, 0) is 9.53 Å². The van der Waals surface area contributed by atoms with Crippen LogP contribution in [0.15, 0.2) is 11.1 Å². The minimum Gasteiger partial charge on any atom is -0.464 e. The number of primary amides is 1. The lowest BCUT2D eigenvalue weighted by atomic mass is 10.1. The molecular weight excluding hydrogens is 330 g/mol. The minimum atomic E-state index is -0.794. The fraction of sp³-hybridized carbons (Fsp3) is 0.500. The molecule has 0 fully saturated rings. The topological polar surface area (TPSA) is 104 Å². The van der Waals surface area contributed by atoms with E-state index in [1.807, 2.05) is 13.8 Å². The second-order valence-corrected chi connectivity index (χ2v) is 7.08. The molecule has 0 saturated carbocycles. The van der Waals surface area contributed by atoms with Gasteiger partial charge in [-0.2, -0.15) is 0 Å². The molecule has 0 bridgehead atoms. The third-order valence-corrected chi connectivity index (χ3v) is 5.01. The van der Waals surface area contributed by atoms with Gasteiger partial charge in [0.15, 0.2) is 0 Å². The molecule has 2 N–H and O–H groups in total. The maximum atomic E-state index is 12.7. The molecule has 0 aliphatic heterocycles. The Morgan fingerprint density at radius 3 is 2.62 bits per heavy atom. The molecule has 2 aromatic rings. The van der Waals surface area contributed by atoms with Gasteiger partial charge in [0.05, 0.1) is 23.2 Å². The first-order valence-corrected chi connectivity index (χ1v) is 8.52. The molecule has 2 rings (SSSR count). The number of ether oxygens (including phenoxy) is 1. The first-order chi connectivity index (χ1) is 11.2. The van der Waals surface area contributed by atoms with E-state index in [1.165, 1.54) is 10.9 Å². The van der Waals surface area contributed by atoms with Gasteiger partial charge in [-0.25, -0.2) is 9.78 Å². The standard InChI is InChI=1S/C16H21N3O4S/c1-8(2)5-6-23-16(22)10(4)19-7-18-14-11(15(19)21)9(3)12(24-14)13(17)20/h7-8,10H,5-6H2,1-4H3,(H2,17,20). The van der Waals surface area contributed by atoms with Crippen molar-refractivity contribution in [2.45, 2.75) is 40.2 Å². The normalized spacial score (nSPS) is 12.5. The summed E-state index contributed by atoms with van der Waals surface area (Å²) in [5.74, 6) is -0.654. The van der Waals surface area contributed by atoms with E-state index in [4.69, 9.17) is 10.5 Å². The van der Waals surface area contributed by atoms with E-state index >= 15 is 0 Å². The van der Waals surface area contributed by atoms with Crippen molar-refractivity contribution < 1.29 is 14.3 Å². The molecule has 130 valence electrons. The average molecular weight is 351 g/mol. The third-order valence-electron chi connectivity index (χ3n) is 3.80. The predicted molar refractivity (Wildman–Crippen MR) is 92.3 cm³/mol. The summed E-state index contributed by atoms with van der Waals surface area (Å²) in [4.78, 5) is 41.2. The van der Waals surface area contributed by atoms with Crippen LogP contribution in [0.2, 0.25) is 0 Å². The first kappa shape index (κ1) is 18.1. The van der Waals surface area contributed by atoms with E-state index in [0.717, 1.165) is 17.8 Å². The number of aromatic nitrogens is 2. The third kappa shape index (κ3) is 3.48. The van der Waals surface area contributed by atoms with Crippen LogP contribution in [0, 0.1) is 12.8 Å². The SMILES string of the molecule is Cc1c(C(N)=O)sc2ncn(C(C)C(=O)OCCC(C)C)c(=O)c12. The van der Waals surface area contributed by atoms with E-state index in [-0.39, 0.29) is 5.56 Å². The molecule has 0 saturated heterocycles. The summed E-state index contributed by atoms with van der Waals surface area (Å²) in [6.45, 7) is 7.63. The number of carbonyl (C=O) groups is 2. The molecule has 0 aliphatic rings. The van der Waals surface area contributed by atoms with Crippen LogP contribution in [0.5, 0.6) is 0 Å². The van der Waals surface area contributed by atoms with Gasteiger partial charge in [0.2, 0.25) is 0 Å². The first-order valence-electron chi connectivity index (χ1n) is 7.70. The number of fused-ring (bicyclic) bond motifs is 1. The van der Waals surface area contributed by atoms with Crippen LogP contribution < -0.4 is 11.3 Å². The lowest BCUT2D eigenvalue weighted by Crippen LogP contribution is -2.30. The fourth-order valence-electron chi connectivity index (χ4n) is 2.28. The highest BCUT2D eigenvalue weighted by molar-refractivity contribution is 7.20. The van der Waals surface area contributed by atoms with E-state index in [2.05, 4.69) is 4.98 Å². The number of amides is 1. The second kappa shape index (κ2) is 7.12. The van der Waals surface area contributed by atoms with E-state index in [9.17, 15) is 14.4 Å². The molecular formula is C16H21N3O4S. The van der Waals surface area contributed by atoms with Gasteiger partial charge in [0, 0.05) is 0 Å². The summed E-state index contributed by atoms with van der Waals surface area (Å²) in [7, 11) is 0. The van der Waals surface area contributed by atoms with Gasteiger partial charge in [-0.3, -0.25) is 14.2 Å². The fourth-order valence-corrected chi connectivity index (χ4v) is 3.27. The Morgan fingerprint density at radius 1 is 1.38 bits per heavy atom. The van der Waals surface area contributed by atoms with Crippen LogP contribution in [0.4, 0.5) is 0 Å². The summed E-state index contributed by atoms with van der Waals surface area (Å²) in [6.07, 6.45) is 2.07. The number of carbonyl (C=O) groups excluding carboxylic acids is 2. The van der Waals surface area contributed by atoms with Crippen molar-refractivity contribution >= 4 is 33.4 Å². The van der Waals surface area contributed by atoms with Gasteiger partial charge in [-0.05, 0) is 31.7 Å². The van der Waals surface area contributed by atoms with E-state index in [0.29, 0.717) is 33.2 Å². The number of esters is 1. The lowest BCUT2D eigenvalue weighted by molar-refractivity contribution is -0.147. The molecule has 7 nitrogen and oxygen atoms in total. The number of aryl methyl sites for hydroxylation is 1. The average Bonchev–Trinajstić information content (AvgIpc) is 2.84. The second-order valence-electron chi connectivity index (χ2n) is 6.08. The maximum Gasteiger partial charge on any atom is 0.328 e. The summed E-state index contributed by atoms with van der Waals surface area (Å²) in [5, 5.41) is 0.318. The zero-order valence-corrected chi connectivity index (χ0v) is 15.0. The Morgan fingerprint density at radius 2 is 2.04 bits per heavy atom. The van der Waals surface area contributed by atoms with E-state index < -0.39 is 17.9 Å². The predicted octanol–water partition coefficient (Wildman–Crippen LogP) is 2.02. The van der Waals surface area contributed by atoms with Gasteiger partial charge in [0.1, 0.15) is 10.9 Å².